The third-order valence-corrected chi connectivity index (χ3v) is 5.93. The van der Waals surface area contributed by atoms with Crippen LogP contribution < -0.4 is 10.6 Å². The summed E-state index contributed by atoms with van der Waals surface area (Å²) in [5.74, 6) is -0.128. The predicted octanol–water partition coefficient (Wildman–Crippen LogP) is 5.28. The van der Waals surface area contributed by atoms with E-state index in [1.165, 1.54) is 30.0 Å². The zero-order valence-corrected chi connectivity index (χ0v) is 17.6. The van der Waals surface area contributed by atoms with E-state index in [-0.39, 0.29) is 17.6 Å². The molecular weight excluding hydrogens is 402 g/mol. The fraction of sp³-hybridized carbons (Fsp3) is 0.136. The number of anilines is 2. The Balaban J connectivity index is 1.66. The number of amides is 2. The Hall–Kier alpha value is -3.08. The lowest BCUT2D eigenvalue weighted by Gasteiger charge is -2.06. The molecule has 0 aliphatic heterocycles. The van der Waals surface area contributed by atoms with Crippen LogP contribution in [0.1, 0.15) is 18.1 Å². The zero-order chi connectivity index (χ0) is 20.8. The van der Waals surface area contributed by atoms with Crippen LogP contribution in [0.25, 0.3) is 11.1 Å². The number of aryl methyl sites for hydroxylation is 1. The summed E-state index contributed by atoms with van der Waals surface area (Å²) < 4.78 is 0. The van der Waals surface area contributed by atoms with E-state index in [9.17, 15) is 14.9 Å². The van der Waals surface area contributed by atoms with Crippen molar-refractivity contribution in [3.8, 4) is 17.2 Å². The summed E-state index contributed by atoms with van der Waals surface area (Å²) in [6.45, 7) is 3.46. The number of hydrogen-bond acceptors (Lipinski definition) is 5. The van der Waals surface area contributed by atoms with Crippen molar-refractivity contribution in [1.29, 1.82) is 5.26 Å². The molecule has 3 rings (SSSR count). The molecule has 0 radical (unpaired) electrons. The molecule has 2 aromatic carbocycles. The van der Waals surface area contributed by atoms with E-state index in [4.69, 9.17) is 0 Å². The molecule has 2 N–H and O–H groups in total. The van der Waals surface area contributed by atoms with Crippen LogP contribution in [0.2, 0.25) is 0 Å². The van der Waals surface area contributed by atoms with Gasteiger partial charge < -0.3 is 10.6 Å². The lowest BCUT2D eigenvalue weighted by molar-refractivity contribution is -0.114. The second-order valence-electron chi connectivity index (χ2n) is 6.38. The van der Waals surface area contributed by atoms with Gasteiger partial charge in [0.05, 0.1) is 11.3 Å². The predicted molar refractivity (Wildman–Crippen MR) is 119 cm³/mol. The molecule has 0 spiro atoms. The lowest BCUT2D eigenvalue weighted by atomic mass is 10.0. The molecule has 0 unspecified atom stereocenters. The maximum absolute atomic E-state index is 12.4. The molecule has 2 amide bonds. The molecule has 3 aromatic rings. The number of nitrogens with zero attached hydrogens (tertiary/aromatic N) is 1. The molecule has 7 heteroatoms. The Morgan fingerprint density at radius 1 is 1.14 bits per heavy atom. The molecule has 0 saturated heterocycles. The topological polar surface area (TPSA) is 82.0 Å². The third-order valence-electron chi connectivity index (χ3n) is 4.04. The highest BCUT2D eigenvalue weighted by atomic mass is 32.2. The molecule has 146 valence electrons. The molecule has 29 heavy (non-hydrogen) atoms. The van der Waals surface area contributed by atoms with Gasteiger partial charge in [-0.2, -0.15) is 5.26 Å². The monoisotopic (exact) mass is 421 g/mol. The Morgan fingerprint density at radius 3 is 2.59 bits per heavy atom. The van der Waals surface area contributed by atoms with E-state index in [1.807, 2.05) is 54.8 Å². The maximum atomic E-state index is 12.4. The summed E-state index contributed by atoms with van der Waals surface area (Å²) in [4.78, 5) is 24.4. The molecule has 1 heterocycles. The first-order valence-electron chi connectivity index (χ1n) is 8.85. The van der Waals surface area contributed by atoms with Gasteiger partial charge in [0.2, 0.25) is 11.8 Å². The Labute approximate surface area is 177 Å². The van der Waals surface area contributed by atoms with E-state index in [0.29, 0.717) is 16.3 Å². The number of rotatable bonds is 6. The van der Waals surface area contributed by atoms with Crippen LogP contribution in [0.15, 0.2) is 58.8 Å². The number of thiophene rings is 1. The van der Waals surface area contributed by atoms with Gasteiger partial charge in [-0.1, -0.05) is 35.9 Å². The average molecular weight is 422 g/mol. The quantitative estimate of drug-likeness (QED) is 0.530. The summed E-state index contributed by atoms with van der Waals surface area (Å²) in [5.41, 5.74) is 4.09. The SMILES string of the molecule is CC(=O)Nc1cccc(SCC(=O)Nc2scc(-c3ccc(C)cc3)c2C#N)c1. The van der Waals surface area contributed by atoms with E-state index in [1.54, 1.807) is 6.07 Å². The van der Waals surface area contributed by atoms with E-state index < -0.39 is 0 Å². The molecule has 0 bridgehead atoms. The van der Waals surface area contributed by atoms with Crippen molar-refractivity contribution in [2.45, 2.75) is 18.7 Å². The first-order chi connectivity index (χ1) is 14.0. The summed E-state index contributed by atoms with van der Waals surface area (Å²) in [5, 5.41) is 17.6. The normalized spacial score (nSPS) is 10.2. The number of carbonyl (C=O) groups is 2. The summed E-state index contributed by atoms with van der Waals surface area (Å²) in [6.07, 6.45) is 0. The molecule has 0 saturated carbocycles. The van der Waals surface area contributed by atoms with Crippen molar-refractivity contribution in [2.75, 3.05) is 16.4 Å². The van der Waals surface area contributed by atoms with Crippen LogP contribution in [0.5, 0.6) is 0 Å². The van der Waals surface area contributed by atoms with Crippen LogP contribution in [0.3, 0.4) is 0 Å². The highest BCUT2D eigenvalue weighted by Gasteiger charge is 2.15. The fourth-order valence-corrected chi connectivity index (χ4v) is 4.38. The van der Waals surface area contributed by atoms with Gasteiger partial charge in [-0.25, -0.2) is 0 Å². The first kappa shape index (κ1) is 20.6. The van der Waals surface area contributed by atoms with Crippen molar-refractivity contribution in [3.05, 3.63) is 65.0 Å². The summed E-state index contributed by atoms with van der Waals surface area (Å²) >= 11 is 2.71. The van der Waals surface area contributed by atoms with Gasteiger partial charge in [0.25, 0.3) is 0 Å². The molecule has 1 aromatic heterocycles. The lowest BCUT2D eigenvalue weighted by Crippen LogP contribution is -2.13. The van der Waals surface area contributed by atoms with Gasteiger partial charge in [-0.3, -0.25) is 9.59 Å². The van der Waals surface area contributed by atoms with Crippen LogP contribution in [0, 0.1) is 18.3 Å². The zero-order valence-electron chi connectivity index (χ0n) is 16.0. The Bertz CT molecular complexity index is 1080. The largest absolute Gasteiger partial charge is 0.326 e. The number of carbonyl (C=O) groups excluding carboxylic acids is 2. The highest BCUT2D eigenvalue weighted by molar-refractivity contribution is 8.00. The van der Waals surface area contributed by atoms with Gasteiger partial charge in [0, 0.05) is 28.5 Å². The minimum Gasteiger partial charge on any atom is -0.326 e. The van der Waals surface area contributed by atoms with Crippen molar-refractivity contribution in [1.82, 2.24) is 0 Å². The molecule has 0 aliphatic rings. The minimum atomic E-state index is -0.186. The van der Waals surface area contributed by atoms with E-state index in [2.05, 4.69) is 16.7 Å². The highest BCUT2D eigenvalue weighted by Crippen LogP contribution is 2.35. The fourth-order valence-electron chi connectivity index (χ4n) is 2.68. The first-order valence-corrected chi connectivity index (χ1v) is 10.7. The number of nitrogens with one attached hydrogen (secondary N) is 2. The van der Waals surface area contributed by atoms with Crippen LogP contribution in [0.4, 0.5) is 10.7 Å². The second kappa shape index (κ2) is 9.41. The Kier molecular flexibility index (Phi) is 6.70. The van der Waals surface area contributed by atoms with Crippen molar-refractivity contribution in [3.63, 3.8) is 0 Å². The number of thioether (sulfide) groups is 1. The molecule has 0 fully saturated rings. The van der Waals surface area contributed by atoms with Gasteiger partial charge >= 0.3 is 0 Å². The standard InChI is InChI=1S/C22H19N3O2S2/c1-14-6-8-16(9-7-14)20-12-29-22(19(20)11-23)25-21(27)13-28-18-5-3-4-17(10-18)24-15(2)26/h3-10,12H,13H2,1-2H3,(H,24,26)(H,25,27). The molecule has 0 aliphatic carbocycles. The second-order valence-corrected chi connectivity index (χ2v) is 8.31. The van der Waals surface area contributed by atoms with Gasteiger partial charge in [-0.15, -0.1) is 23.1 Å². The number of hydrogen-bond donors (Lipinski definition) is 2. The Morgan fingerprint density at radius 2 is 1.90 bits per heavy atom. The van der Waals surface area contributed by atoms with Gasteiger partial charge in [0.1, 0.15) is 11.1 Å². The van der Waals surface area contributed by atoms with Crippen LogP contribution >= 0.6 is 23.1 Å². The number of nitriles is 1. The average Bonchev–Trinajstić information content (AvgIpc) is 3.09. The minimum absolute atomic E-state index is 0.143. The number of benzene rings is 2. The summed E-state index contributed by atoms with van der Waals surface area (Å²) in [6, 6.07) is 17.5. The van der Waals surface area contributed by atoms with Crippen molar-refractivity contribution < 1.29 is 9.59 Å². The molecule has 0 atom stereocenters. The van der Waals surface area contributed by atoms with Crippen LogP contribution in [-0.2, 0) is 9.59 Å². The third kappa shape index (κ3) is 5.47. The van der Waals surface area contributed by atoms with Crippen molar-refractivity contribution in [2.24, 2.45) is 0 Å². The smallest absolute Gasteiger partial charge is 0.235 e. The van der Waals surface area contributed by atoms with Gasteiger partial charge in [0.15, 0.2) is 0 Å². The summed E-state index contributed by atoms with van der Waals surface area (Å²) in [7, 11) is 0. The van der Waals surface area contributed by atoms with E-state index in [0.717, 1.165) is 21.6 Å². The molecule has 5 nitrogen and oxygen atoms in total. The van der Waals surface area contributed by atoms with E-state index >= 15 is 0 Å². The van der Waals surface area contributed by atoms with Gasteiger partial charge in [-0.05, 0) is 30.7 Å². The maximum Gasteiger partial charge on any atom is 0.235 e. The van der Waals surface area contributed by atoms with Crippen molar-refractivity contribution >= 4 is 45.6 Å². The molecular formula is C22H19N3O2S2. The van der Waals surface area contributed by atoms with Crippen LogP contribution in [-0.4, -0.2) is 17.6 Å².